The van der Waals surface area contributed by atoms with E-state index in [4.69, 9.17) is 0 Å². The zero-order valence-electron chi connectivity index (χ0n) is 18.6. The number of piperazine rings is 1. The Morgan fingerprint density at radius 3 is 2.88 bits per heavy atom. The first-order chi connectivity index (χ1) is 16.2. The molecular weight excluding hydrogens is 414 g/mol. The molecule has 33 heavy (non-hydrogen) atoms. The number of hydrogen-bond acceptors (Lipinski definition) is 6. The monoisotopic (exact) mass is 441 g/mol. The highest BCUT2D eigenvalue weighted by Gasteiger charge is 2.27. The molecule has 8 heteroatoms. The molecule has 0 radical (unpaired) electrons. The smallest absolute Gasteiger partial charge is 0.254 e. The maximum absolute atomic E-state index is 12.8. The van der Waals surface area contributed by atoms with Crippen molar-refractivity contribution in [1.29, 1.82) is 0 Å². The Labute approximate surface area is 192 Å². The first-order valence-corrected chi connectivity index (χ1v) is 11.1. The van der Waals surface area contributed by atoms with Crippen LogP contribution in [-0.4, -0.2) is 53.1 Å². The summed E-state index contributed by atoms with van der Waals surface area (Å²) in [5, 5.41) is 9.62. The van der Waals surface area contributed by atoms with Crippen LogP contribution in [0.2, 0.25) is 0 Å². The standard InChI is InChI=1S/C25H27N7O/c1-17(31-13-10-27-11-14-31)6-9-22(26-2)30-20-8-7-18(19-15-29-25(33)24(19)20)21-16-28-23-5-3-4-12-32(21)23/h3-9,12,16,27,30H,2,10-11,13-15H2,1H3,(H,29,33)/b17-6+,22-9+. The van der Waals surface area contributed by atoms with Gasteiger partial charge in [-0.2, -0.15) is 0 Å². The van der Waals surface area contributed by atoms with Crippen LogP contribution in [-0.2, 0) is 6.54 Å². The number of carbonyl (C=O) groups excluding carboxylic acids is 1. The van der Waals surface area contributed by atoms with Crippen molar-refractivity contribution in [3.05, 3.63) is 77.5 Å². The van der Waals surface area contributed by atoms with E-state index in [2.05, 4.69) is 44.5 Å². The predicted molar refractivity (Wildman–Crippen MR) is 131 cm³/mol. The number of imidazole rings is 1. The van der Waals surface area contributed by atoms with E-state index in [0.717, 1.165) is 48.6 Å². The van der Waals surface area contributed by atoms with E-state index in [1.807, 2.05) is 59.3 Å². The molecule has 1 saturated heterocycles. The number of aliphatic imine (C=N–C) groups is 1. The Morgan fingerprint density at radius 1 is 1.21 bits per heavy atom. The number of benzene rings is 1. The van der Waals surface area contributed by atoms with E-state index in [1.165, 1.54) is 5.70 Å². The molecule has 1 fully saturated rings. The second-order valence-corrected chi connectivity index (χ2v) is 8.15. The lowest BCUT2D eigenvalue weighted by Crippen LogP contribution is -2.42. The summed E-state index contributed by atoms with van der Waals surface area (Å²) in [5.74, 6) is 0.494. The molecule has 0 atom stereocenters. The van der Waals surface area contributed by atoms with Gasteiger partial charge in [0.05, 0.1) is 23.1 Å². The number of nitrogens with one attached hydrogen (secondary N) is 3. The molecule has 2 aliphatic rings. The van der Waals surface area contributed by atoms with Gasteiger partial charge in [-0.3, -0.25) is 9.20 Å². The summed E-state index contributed by atoms with van der Waals surface area (Å²) in [4.78, 5) is 23.7. The van der Waals surface area contributed by atoms with Crippen molar-refractivity contribution in [2.45, 2.75) is 13.5 Å². The molecule has 0 saturated carbocycles. The summed E-state index contributed by atoms with van der Waals surface area (Å²) >= 11 is 0. The molecule has 4 heterocycles. The number of nitrogens with zero attached hydrogens (tertiary/aromatic N) is 4. The van der Waals surface area contributed by atoms with Crippen molar-refractivity contribution in [3.8, 4) is 11.3 Å². The summed E-state index contributed by atoms with van der Waals surface area (Å²) in [7, 11) is 0. The minimum absolute atomic E-state index is 0.0980. The second kappa shape index (κ2) is 8.91. The zero-order valence-corrected chi connectivity index (χ0v) is 18.6. The van der Waals surface area contributed by atoms with Gasteiger partial charge in [0.1, 0.15) is 11.5 Å². The molecule has 1 amide bonds. The van der Waals surface area contributed by atoms with Crippen molar-refractivity contribution in [3.63, 3.8) is 0 Å². The number of carbonyl (C=O) groups is 1. The predicted octanol–water partition coefficient (Wildman–Crippen LogP) is 3.01. The fourth-order valence-electron chi connectivity index (χ4n) is 4.42. The van der Waals surface area contributed by atoms with Crippen LogP contribution < -0.4 is 16.0 Å². The van der Waals surface area contributed by atoms with Crippen LogP contribution in [0.5, 0.6) is 0 Å². The minimum atomic E-state index is -0.0980. The minimum Gasteiger partial charge on any atom is -0.372 e. The van der Waals surface area contributed by atoms with Crippen molar-refractivity contribution in [2.24, 2.45) is 4.99 Å². The van der Waals surface area contributed by atoms with E-state index in [-0.39, 0.29) is 5.91 Å². The third-order valence-corrected chi connectivity index (χ3v) is 6.19. The Balaban J connectivity index is 1.47. The number of anilines is 1. The van der Waals surface area contributed by atoms with E-state index < -0.39 is 0 Å². The number of aromatic nitrogens is 2. The highest BCUT2D eigenvalue weighted by Crippen LogP contribution is 2.34. The SMILES string of the molecule is C=N/C(=C\C=C(/C)N1CCNCC1)Nc1ccc(-c2cnc3ccccn23)c2c1C(=O)NC2. The molecule has 3 N–H and O–H groups in total. The highest BCUT2D eigenvalue weighted by molar-refractivity contribution is 6.05. The van der Waals surface area contributed by atoms with Gasteiger partial charge in [0, 0.05) is 50.2 Å². The van der Waals surface area contributed by atoms with Crippen LogP contribution >= 0.6 is 0 Å². The third-order valence-electron chi connectivity index (χ3n) is 6.19. The molecule has 0 aliphatic carbocycles. The summed E-state index contributed by atoms with van der Waals surface area (Å²) in [5.41, 5.74) is 6.28. The van der Waals surface area contributed by atoms with Gasteiger partial charge in [0.25, 0.3) is 5.91 Å². The maximum Gasteiger partial charge on any atom is 0.254 e. The lowest BCUT2D eigenvalue weighted by Gasteiger charge is -2.29. The van der Waals surface area contributed by atoms with E-state index in [9.17, 15) is 4.79 Å². The van der Waals surface area contributed by atoms with Gasteiger partial charge in [0.2, 0.25) is 0 Å². The molecular formula is C25H27N7O. The van der Waals surface area contributed by atoms with Crippen molar-refractivity contribution >= 4 is 24.0 Å². The van der Waals surface area contributed by atoms with Gasteiger partial charge in [-0.05, 0) is 49.6 Å². The van der Waals surface area contributed by atoms with Crippen LogP contribution in [0.15, 0.2) is 71.4 Å². The largest absolute Gasteiger partial charge is 0.372 e. The number of amides is 1. The molecule has 168 valence electrons. The van der Waals surface area contributed by atoms with Crippen LogP contribution in [0.25, 0.3) is 16.9 Å². The summed E-state index contributed by atoms with van der Waals surface area (Å²) in [6, 6.07) is 9.85. The third kappa shape index (κ3) is 4.01. The Bertz CT molecular complexity index is 1280. The molecule has 0 spiro atoms. The first kappa shape index (κ1) is 21.0. The van der Waals surface area contributed by atoms with Crippen LogP contribution in [0, 0.1) is 0 Å². The summed E-state index contributed by atoms with van der Waals surface area (Å²) in [6.45, 7) is 10.2. The Hall–Kier alpha value is -3.91. The number of hydrogen-bond donors (Lipinski definition) is 3. The second-order valence-electron chi connectivity index (χ2n) is 8.15. The molecule has 3 aromatic rings. The van der Waals surface area contributed by atoms with Gasteiger partial charge in [-0.1, -0.05) is 12.1 Å². The lowest BCUT2D eigenvalue weighted by atomic mass is 9.99. The van der Waals surface area contributed by atoms with E-state index in [1.54, 1.807) is 0 Å². The fraction of sp³-hybridized carbons (Fsp3) is 0.240. The molecule has 0 unspecified atom stereocenters. The van der Waals surface area contributed by atoms with Gasteiger partial charge < -0.3 is 20.9 Å². The van der Waals surface area contributed by atoms with Crippen LogP contribution in [0.4, 0.5) is 5.69 Å². The highest BCUT2D eigenvalue weighted by atomic mass is 16.1. The fourth-order valence-corrected chi connectivity index (χ4v) is 4.42. The van der Waals surface area contributed by atoms with Gasteiger partial charge >= 0.3 is 0 Å². The van der Waals surface area contributed by atoms with Crippen molar-refractivity contribution < 1.29 is 4.79 Å². The average Bonchev–Trinajstić information content (AvgIpc) is 3.46. The number of fused-ring (bicyclic) bond motifs is 2. The topological polar surface area (TPSA) is 86.1 Å². The molecule has 0 bridgehead atoms. The molecule has 2 aromatic heterocycles. The maximum atomic E-state index is 12.8. The first-order valence-electron chi connectivity index (χ1n) is 11.1. The lowest BCUT2D eigenvalue weighted by molar-refractivity contribution is 0.0966. The average molecular weight is 442 g/mol. The van der Waals surface area contributed by atoms with Gasteiger partial charge in [0.15, 0.2) is 0 Å². The number of pyridine rings is 1. The molecule has 2 aliphatic heterocycles. The van der Waals surface area contributed by atoms with Crippen LogP contribution in [0.3, 0.4) is 0 Å². The summed E-state index contributed by atoms with van der Waals surface area (Å²) in [6.07, 6.45) is 7.77. The molecule has 8 nitrogen and oxygen atoms in total. The van der Waals surface area contributed by atoms with Gasteiger partial charge in [-0.25, -0.2) is 9.98 Å². The normalized spacial score (nSPS) is 16.6. The van der Waals surface area contributed by atoms with E-state index >= 15 is 0 Å². The van der Waals surface area contributed by atoms with Crippen LogP contribution in [0.1, 0.15) is 22.8 Å². The number of allylic oxidation sites excluding steroid dienone is 3. The van der Waals surface area contributed by atoms with E-state index in [0.29, 0.717) is 23.6 Å². The van der Waals surface area contributed by atoms with Crippen molar-refractivity contribution in [1.82, 2.24) is 24.9 Å². The molecule has 1 aromatic carbocycles. The zero-order chi connectivity index (χ0) is 22.8. The Morgan fingerprint density at radius 2 is 2.06 bits per heavy atom. The van der Waals surface area contributed by atoms with Crippen molar-refractivity contribution in [2.75, 3.05) is 31.5 Å². The van der Waals surface area contributed by atoms with Gasteiger partial charge in [-0.15, -0.1) is 0 Å². The quantitative estimate of drug-likeness (QED) is 0.404. The summed E-state index contributed by atoms with van der Waals surface area (Å²) < 4.78 is 2.03. The Kier molecular flexibility index (Phi) is 5.66. The molecule has 5 rings (SSSR count). The number of rotatable bonds is 6.